The van der Waals surface area contributed by atoms with Crippen molar-refractivity contribution in [3.63, 3.8) is 0 Å². The van der Waals surface area contributed by atoms with Crippen molar-refractivity contribution in [1.29, 1.82) is 0 Å². The number of carbonyl (C=O) groups excluding carboxylic acids is 1. The highest BCUT2D eigenvalue weighted by Crippen LogP contribution is 2.31. The van der Waals surface area contributed by atoms with Crippen molar-refractivity contribution in [1.82, 2.24) is 24.4 Å². The van der Waals surface area contributed by atoms with E-state index in [1.807, 2.05) is 6.92 Å². The van der Waals surface area contributed by atoms with Gasteiger partial charge in [0, 0.05) is 30.0 Å². The molecule has 27 heavy (non-hydrogen) atoms. The Morgan fingerprint density at radius 2 is 2.07 bits per heavy atom. The van der Waals surface area contributed by atoms with Crippen molar-refractivity contribution < 1.29 is 14.1 Å². The topological polar surface area (TPSA) is 101 Å². The van der Waals surface area contributed by atoms with E-state index in [-0.39, 0.29) is 23.5 Å². The predicted molar refractivity (Wildman–Crippen MR) is 99.7 cm³/mol. The molecule has 4 rings (SSSR count). The molecule has 3 heterocycles. The second-order valence-corrected chi connectivity index (χ2v) is 7.80. The van der Waals surface area contributed by atoms with Crippen LogP contribution in [0.4, 0.5) is 0 Å². The maximum absolute atomic E-state index is 12.8. The second-order valence-electron chi connectivity index (χ2n) is 6.00. The van der Waals surface area contributed by atoms with Gasteiger partial charge in [-0.2, -0.15) is 4.98 Å². The van der Waals surface area contributed by atoms with Gasteiger partial charge in [-0.15, -0.1) is 0 Å². The molecule has 1 N–H and O–H groups in total. The number of benzene rings is 1. The van der Waals surface area contributed by atoms with Crippen LogP contribution < -0.4 is 0 Å². The number of fused-ring (bicyclic) bond motifs is 2. The summed E-state index contributed by atoms with van der Waals surface area (Å²) in [5.41, 5.74) is 2.07. The van der Waals surface area contributed by atoms with E-state index in [0.717, 1.165) is 0 Å². The first-order valence-corrected chi connectivity index (χ1v) is 10.1. The Kier molecular flexibility index (Phi) is 4.67. The van der Waals surface area contributed by atoms with Gasteiger partial charge in [0.05, 0.1) is 17.0 Å². The molecule has 1 aromatic carbocycles. The zero-order chi connectivity index (χ0) is 19.1. The molecule has 1 aliphatic heterocycles. The quantitative estimate of drug-likeness (QED) is 0.649. The predicted octanol–water partition coefficient (Wildman–Crippen LogP) is 1.75. The van der Waals surface area contributed by atoms with Crippen LogP contribution in [0.25, 0.3) is 11.2 Å². The van der Waals surface area contributed by atoms with Gasteiger partial charge in [-0.25, -0.2) is 9.97 Å². The van der Waals surface area contributed by atoms with E-state index >= 15 is 0 Å². The number of imidazole rings is 1. The number of aliphatic hydroxyl groups is 1. The Morgan fingerprint density at radius 1 is 1.30 bits per heavy atom. The summed E-state index contributed by atoms with van der Waals surface area (Å²) in [6.45, 7) is 2.55. The lowest BCUT2D eigenvalue weighted by Gasteiger charge is -2.20. The molecule has 0 aliphatic carbocycles. The van der Waals surface area contributed by atoms with E-state index < -0.39 is 17.0 Å². The van der Waals surface area contributed by atoms with Crippen molar-refractivity contribution in [3.05, 3.63) is 46.9 Å². The number of aryl methyl sites for hydroxylation is 1. The molecule has 1 amide bonds. The molecule has 0 fully saturated rings. The van der Waals surface area contributed by atoms with Crippen LogP contribution in [-0.2, 0) is 17.3 Å². The number of hydrogen-bond donors (Lipinski definition) is 1. The van der Waals surface area contributed by atoms with E-state index in [2.05, 4.69) is 15.0 Å². The monoisotopic (exact) mass is 405 g/mol. The van der Waals surface area contributed by atoms with Crippen molar-refractivity contribution >= 4 is 39.5 Å². The fourth-order valence-electron chi connectivity index (χ4n) is 3.18. The third-order valence-electron chi connectivity index (χ3n) is 4.49. The summed E-state index contributed by atoms with van der Waals surface area (Å²) in [5.74, 6) is -0.127. The van der Waals surface area contributed by atoms with E-state index in [0.29, 0.717) is 34.0 Å². The van der Waals surface area contributed by atoms with E-state index in [9.17, 15) is 14.1 Å². The van der Waals surface area contributed by atoms with Gasteiger partial charge in [-0.05, 0) is 24.6 Å². The zero-order valence-corrected chi connectivity index (χ0v) is 15.9. The maximum Gasteiger partial charge on any atom is 0.256 e. The summed E-state index contributed by atoms with van der Waals surface area (Å²) in [5, 5.41) is 10.8. The molecule has 140 valence electrons. The Hall–Kier alpha value is -2.36. The smallest absolute Gasteiger partial charge is 0.256 e. The SMILES string of the molecule is CCn1c(S(=O)CCN2C(=O)c3ccccc3C2O)nc2cnc(Cl)nc21. The standard InChI is InChI=1S/C17H16ClN5O3S/c1-2-22-13-12(9-19-16(18)21-13)20-17(22)27(26)8-7-23-14(24)10-5-3-4-6-11(10)15(23)25/h3-6,9,14,24H,2,7-8H2,1H3. The molecule has 2 atom stereocenters. The fourth-order valence-corrected chi connectivity index (χ4v) is 4.52. The Balaban J connectivity index is 1.56. The van der Waals surface area contributed by atoms with Gasteiger partial charge in [0.1, 0.15) is 5.52 Å². The number of aliphatic hydroxyl groups excluding tert-OH is 1. The second kappa shape index (κ2) is 6.99. The number of hydrogen-bond acceptors (Lipinski definition) is 6. The summed E-state index contributed by atoms with van der Waals surface area (Å²) < 4.78 is 14.6. The first-order chi connectivity index (χ1) is 13.0. The summed E-state index contributed by atoms with van der Waals surface area (Å²) in [6.07, 6.45) is 0.461. The van der Waals surface area contributed by atoms with Crippen molar-refractivity contribution in [2.24, 2.45) is 0 Å². The highest BCUT2D eigenvalue weighted by atomic mass is 35.5. The number of halogens is 1. The van der Waals surface area contributed by atoms with Crippen LogP contribution in [0.5, 0.6) is 0 Å². The molecule has 3 aromatic rings. The number of aromatic nitrogens is 4. The molecule has 8 nitrogen and oxygen atoms in total. The molecule has 0 saturated heterocycles. The van der Waals surface area contributed by atoms with Crippen molar-refractivity contribution in [2.45, 2.75) is 24.9 Å². The molecule has 2 unspecified atom stereocenters. The summed E-state index contributed by atoms with van der Waals surface area (Å²) in [7, 11) is -1.49. The Morgan fingerprint density at radius 3 is 2.81 bits per heavy atom. The molecular formula is C17H16ClN5O3S. The maximum atomic E-state index is 12.8. The highest BCUT2D eigenvalue weighted by Gasteiger charge is 2.35. The molecule has 1 aliphatic rings. The van der Waals surface area contributed by atoms with Crippen LogP contribution in [0.2, 0.25) is 5.28 Å². The molecule has 10 heteroatoms. The van der Waals surface area contributed by atoms with E-state index in [1.54, 1.807) is 28.8 Å². The molecule has 0 radical (unpaired) electrons. The number of amides is 1. The highest BCUT2D eigenvalue weighted by molar-refractivity contribution is 7.84. The first-order valence-electron chi connectivity index (χ1n) is 8.36. The van der Waals surface area contributed by atoms with Crippen LogP contribution in [0.1, 0.15) is 29.1 Å². The Bertz CT molecular complexity index is 1070. The minimum Gasteiger partial charge on any atom is -0.369 e. The minimum atomic E-state index is -1.49. The van der Waals surface area contributed by atoms with Gasteiger partial charge in [0.2, 0.25) is 10.4 Å². The lowest BCUT2D eigenvalue weighted by Crippen LogP contribution is -2.32. The van der Waals surface area contributed by atoms with Crippen LogP contribution >= 0.6 is 11.6 Å². The van der Waals surface area contributed by atoms with Crippen LogP contribution in [0, 0.1) is 0 Å². The third-order valence-corrected chi connectivity index (χ3v) is 5.94. The van der Waals surface area contributed by atoms with Crippen LogP contribution in [0.15, 0.2) is 35.6 Å². The molecule has 0 bridgehead atoms. The van der Waals surface area contributed by atoms with Crippen molar-refractivity contribution in [2.75, 3.05) is 12.3 Å². The fraction of sp³-hybridized carbons (Fsp3) is 0.294. The summed E-state index contributed by atoms with van der Waals surface area (Å²) >= 11 is 5.85. The lowest BCUT2D eigenvalue weighted by molar-refractivity contribution is 0.0207. The largest absolute Gasteiger partial charge is 0.369 e. The van der Waals surface area contributed by atoms with Crippen molar-refractivity contribution in [3.8, 4) is 0 Å². The number of nitrogens with zero attached hydrogens (tertiary/aromatic N) is 5. The first kappa shape index (κ1) is 18.0. The molecule has 0 spiro atoms. The zero-order valence-electron chi connectivity index (χ0n) is 14.4. The average molecular weight is 406 g/mol. The molecule has 0 saturated carbocycles. The van der Waals surface area contributed by atoms with Crippen LogP contribution in [0.3, 0.4) is 0 Å². The normalized spacial score (nSPS) is 17.5. The van der Waals surface area contributed by atoms with Gasteiger partial charge < -0.3 is 14.6 Å². The van der Waals surface area contributed by atoms with Gasteiger partial charge in [-0.3, -0.25) is 9.00 Å². The molecule has 2 aromatic heterocycles. The molecular weight excluding hydrogens is 390 g/mol. The number of carbonyl (C=O) groups is 1. The van der Waals surface area contributed by atoms with E-state index in [4.69, 9.17) is 11.6 Å². The lowest BCUT2D eigenvalue weighted by atomic mass is 10.1. The van der Waals surface area contributed by atoms with Gasteiger partial charge in [0.15, 0.2) is 11.9 Å². The van der Waals surface area contributed by atoms with Gasteiger partial charge in [-0.1, -0.05) is 18.2 Å². The van der Waals surface area contributed by atoms with Gasteiger partial charge in [0.25, 0.3) is 5.91 Å². The average Bonchev–Trinajstić information content (AvgIpc) is 3.15. The van der Waals surface area contributed by atoms with Crippen LogP contribution in [-0.4, -0.2) is 51.9 Å². The third kappa shape index (κ3) is 3.01. The van der Waals surface area contributed by atoms with Gasteiger partial charge >= 0.3 is 0 Å². The summed E-state index contributed by atoms with van der Waals surface area (Å²) in [6, 6.07) is 6.91. The number of rotatable bonds is 5. The Labute approximate surface area is 162 Å². The van der Waals surface area contributed by atoms with E-state index in [1.165, 1.54) is 11.1 Å². The summed E-state index contributed by atoms with van der Waals surface area (Å²) in [4.78, 5) is 26.2. The minimum absolute atomic E-state index is 0.0954.